The summed E-state index contributed by atoms with van der Waals surface area (Å²) in [5.74, 6) is 0.676. The van der Waals surface area contributed by atoms with Gasteiger partial charge in [-0.1, -0.05) is 6.08 Å². The summed E-state index contributed by atoms with van der Waals surface area (Å²) in [5.41, 5.74) is 5.48. The van der Waals surface area contributed by atoms with E-state index in [1.54, 1.807) is 23.0 Å². The Morgan fingerprint density at radius 2 is 2.67 bits per heavy atom. The van der Waals surface area contributed by atoms with Gasteiger partial charge in [-0.05, 0) is 6.07 Å². The van der Waals surface area contributed by atoms with Gasteiger partial charge >= 0.3 is 0 Å². The number of allylic oxidation sites excluding steroid dienone is 1. The highest BCUT2D eigenvalue weighted by Crippen LogP contribution is 1.97. The highest BCUT2D eigenvalue weighted by atomic mass is 15.3. The van der Waals surface area contributed by atoms with Gasteiger partial charge in [0.2, 0.25) is 0 Å². The largest absolute Gasteiger partial charge is 0.384 e. The summed E-state index contributed by atoms with van der Waals surface area (Å²) >= 11 is 0. The van der Waals surface area contributed by atoms with E-state index in [0.717, 1.165) is 0 Å². The first-order valence-corrected chi connectivity index (χ1v) is 2.73. The Hall–Kier alpha value is -1.25. The van der Waals surface area contributed by atoms with Crippen LogP contribution in [0.4, 0.5) is 5.82 Å². The van der Waals surface area contributed by atoms with Crippen molar-refractivity contribution in [3.63, 3.8) is 0 Å². The minimum Gasteiger partial charge on any atom is -0.384 e. The lowest BCUT2D eigenvalue weighted by Gasteiger charge is -1.95. The van der Waals surface area contributed by atoms with E-state index in [0.29, 0.717) is 12.4 Å². The minimum absolute atomic E-state index is 0.676. The maximum absolute atomic E-state index is 5.48. The van der Waals surface area contributed by atoms with Gasteiger partial charge in [-0.15, -0.1) is 6.58 Å². The van der Waals surface area contributed by atoms with E-state index in [1.165, 1.54) is 0 Å². The zero-order valence-corrected chi connectivity index (χ0v) is 5.12. The van der Waals surface area contributed by atoms with Crippen LogP contribution in [0.5, 0.6) is 0 Å². The van der Waals surface area contributed by atoms with Crippen molar-refractivity contribution in [1.82, 2.24) is 9.78 Å². The Morgan fingerprint density at radius 1 is 1.89 bits per heavy atom. The molecular formula is C6H9N3. The van der Waals surface area contributed by atoms with Gasteiger partial charge in [-0.25, -0.2) is 4.68 Å². The molecule has 1 heterocycles. The smallest absolute Gasteiger partial charge is 0.121 e. The van der Waals surface area contributed by atoms with Gasteiger partial charge in [-0.2, -0.15) is 5.10 Å². The van der Waals surface area contributed by atoms with Crippen molar-refractivity contribution in [1.29, 1.82) is 0 Å². The van der Waals surface area contributed by atoms with Crippen LogP contribution in [-0.4, -0.2) is 9.78 Å². The van der Waals surface area contributed by atoms with E-state index in [2.05, 4.69) is 11.7 Å². The average molecular weight is 123 g/mol. The van der Waals surface area contributed by atoms with Crippen molar-refractivity contribution in [2.24, 2.45) is 0 Å². The second-order valence-electron chi connectivity index (χ2n) is 1.73. The second-order valence-corrected chi connectivity index (χ2v) is 1.73. The molecule has 0 aliphatic rings. The molecule has 0 unspecified atom stereocenters. The van der Waals surface area contributed by atoms with E-state index in [4.69, 9.17) is 5.73 Å². The predicted octanol–water partition coefficient (Wildman–Crippen LogP) is 0.651. The van der Waals surface area contributed by atoms with Crippen molar-refractivity contribution < 1.29 is 0 Å². The summed E-state index contributed by atoms with van der Waals surface area (Å²) in [4.78, 5) is 0. The lowest BCUT2D eigenvalue weighted by atomic mass is 10.6. The standard InChI is InChI=1S/C6H9N3/c1-2-5-9-6(7)3-4-8-9/h2-4H,1,5,7H2. The van der Waals surface area contributed by atoms with Crippen molar-refractivity contribution in [3.05, 3.63) is 24.9 Å². The van der Waals surface area contributed by atoms with Crippen LogP contribution >= 0.6 is 0 Å². The molecule has 0 aliphatic heterocycles. The Labute approximate surface area is 53.8 Å². The number of nitrogens with zero attached hydrogens (tertiary/aromatic N) is 2. The molecule has 2 N–H and O–H groups in total. The van der Waals surface area contributed by atoms with Crippen molar-refractivity contribution >= 4 is 5.82 Å². The average Bonchev–Trinajstić information content (AvgIpc) is 2.18. The maximum atomic E-state index is 5.48. The Morgan fingerprint density at radius 3 is 3.11 bits per heavy atom. The summed E-state index contributed by atoms with van der Waals surface area (Å²) in [7, 11) is 0. The van der Waals surface area contributed by atoms with Gasteiger partial charge in [0.1, 0.15) is 5.82 Å². The molecule has 1 rings (SSSR count). The van der Waals surface area contributed by atoms with E-state index >= 15 is 0 Å². The van der Waals surface area contributed by atoms with Crippen LogP contribution in [0.2, 0.25) is 0 Å². The van der Waals surface area contributed by atoms with Gasteiger partial charge in [0.25, 0.3) is 0 Å². The molecule has 3 nitrogen and oxygen atoms in total. The van der Waals surface area contributed by atoms with E-state index in [-0.39, 0.29) is 0 Å². The highest BCUT2D eigenvalue weighted by Gasteiger charge is 1.90. The van der Waals surface area contributed by atoms with Gasteiger partial charge in [0.15, 0.2) is 0 Å². The summed E-state index contributed by atoms with van der Waals surface area (Å²) < 4.78 is 1.67. The number of nitrogen functional groups attached to an aromatic ring is 1. The SMILES string of the molecule is C=CCn1nccc1N. The third-order valence-electron chi connectivity index (χ3n) is 1.05. The molecule has 0 aromatic carbocycles. The van der Waals surface area contributed by atoms with Crippen molar-refractivity contribution in [2.45, 2.75) is 6.54 Å². The third kappa shape index (κ3) is 1.10. The van der Waals surface area contributed by atoms with Gasteiger partial charge < -0.3 is 5.73 Å². The van der Waals surface area contributed by atoms with Crippen LogP contribution in [0.15, 0.2) is 24.9 Å². The Kier molecular flexibility index (Phi) is 1.53. The summed E-state index contributed by atoms with van der Waals surface area (Å²) in [6.45, 7) is 4.24. The van der Waals surface area contributed by atoms with Gasteiger partial charge in [0, 0.05) is 0 Å². The number of rotatable bonds is 2. The first kappa shape index (κ1) is 5.88. The van der Waals surface area contributed by atoms with Gasteiger partial charge in [0.05, 0.1) is 12.7 Å². The normalized spacial score (nSPS) is 9.33. The van der Waals surface area contributed by atoms with E-state index < -0.39 is 0 Å². The molecular weight excluding hydrogens is 114 g/mol. The lowest BCUT2D eigenvalue weighted by molar-refractivity contribution is 0.713. The fourth-order valence-corrected chi connectivity index (χ4v) is 0.618. The van der Waals surface area contributed by atoms with Crippen LogP contribution in [-0.2, 0) is 6.54 Å². The molecule has 0 spiro atoms. The van der Waals surface area contributed by atoms with Crippen molar-refractivity contribution in [2.75, 3.05) is 5.73 Å². The predicted molar refractivity (Wildman–Crippen MR) is 36.8 cm³/mol. The first-order valence-electron chi connectivity index (χ1n) is 2.73. The molecule has 0 bridgehead atoms. The fourth-order valence-electron chi connectivity index (χ4n) is 0.618. The van der Waals surface area contributed by atoms with Crippen LogP contribution in [0.25, 0.3) is 0 Å². The second kappa shape index (κ2) is 2.35. The molecule has 9 heavy (non-hydrogen) atoms. The van der Waals surface area contributed by atoms with Gasteiger partial charge in [-0.3, -0.25) is 0 Å². The van der Waals surface area contributed by atoms with E-state index in [1.807, 2.05) is 0 Å². The molecule has 0 radical (unpaired) electrons. The molecule has 0 saturated carbocycles. The number of aromatic nitrogens is 2. The topological polar surface area (TPSA) is 43.8 Å². The summed E-state index contributed by atoms with van der Waals surface area (Å²) in [6.07, 6.45) is 3.42. The minimum atomic E-state index is 0.676. The van der Waals surface area contributed by atoms with Crippen LogP contribution in [0.1, 0.15) is 0 Å². The Balaban J connectivity index is 2.80. The monoisotopic (exact) mass is 123 g/mol. The molecule has 0 fully saturated rings. The molecule has 3 heteroatoms. The zero-order chi connectivity index (χ0) is 6.69. The van der Waals surface area contributed by atoms with Crippen LogP contribution < -0.4 is 5.73 Å². The summed E-state index contributed by atoms with van der Waals surface area (Å²) in [6, 6.07) is 1.75. The first-order chi connectivity index (χ1) is 4.34. The maximum Gasteiger partial charge on any atom is 0.121 e. The summed E-state index contributed by atoms with van der Waals surface area (Å²) in [5, 5.41) is 3.93. The van der Waals surface area contributed by atoms with Crippen molar-refractivity contribution in [3.8, 4) is 0 Å². The lowest BCUT2D eigenvalue weighted by Crippen LogP contribution is -2.01. The molecule has 1 aromatic rings. The Bertz CT molecular complexity index is 202. The number of nitrogens with two attached hydrogens (primary N) is 1. The number of hydrogen-bond acceptors (Lipinski definition) is 2. The molecule has 1 aromatic heterocycles. The molecule has 48 valence electrons. The molecule has 0 aliphatic carbocycles. The molecule has 0 amide bonds. The van der Waals surface area contributed by atoms with E-state index in [9.17, 15) is 0 Å². The third-order valence-corrected chi connectivity index (χ3v) is 1.05. The molecule has 0 atom stereocenters. The van der Waals surface area contributed by atoms with Crippen LogP contribution in [0, 0.1) is 0 Å². The fraction of sp³-hybridized carbons (Fsp3) is 0.167. The quantitative estimate of drug-likeness (QED) is 0.587. The molecule has 0 saturated heterocycles. The van der Waals surface area contributed by atoms with Crippen LogP contribution in [0.3, 0.4) is 0 Å². The zero-order valence-electron chi connectivity index (χ0n) is 5.12. The highest BCUT2D eigenvalue weighted by molar-refractivity contribution is 5.25. The number of hydrogen-bond donors (Lipinski definition) is 1. The number of anilines is 1.